The van der Waals surface area contributed by atoms with E-state index in [4.69, 9.17) is 12.6 Å². The molecule has 187 valence electrons. The average molecular weight is 676 g/mol. The smallest absolute Gasteiger partial charge is 0.128 e. The summed E-state index contributed by atoms with van der Waals surface area (Å²) in [7, 11) is 0. The monoisotopic (exact) mass is 676 g/mol. The summed E-state index contributed by atoms with van der Waals surface area (Å²) in [5.74, 6) is 0. The molecule has 0 amide bonds. The number of furan rings is 1. The summed E-state index contributed by atoms with van der Waals surface area (Å²) < 4.78 is 52.1. The van der Waals surface area contributed by atoms with Crippen LogP contribution in [-0.4, -0.2) is 15.0 Å². The Morgan fingerprint density at radius 2 is 1.53 bits per heavy atom. The van der Waals surface area contributed by atoms with Gasteiger partial charge in [0, 0.05) is 68.8 Å². The van der Waals surface area contributed by atoms with E-state index in [1.165, 1.54) is 18.5 Å². The minimum Gasteiger partial charge on any atom is -0.500 e. The molecule has 4 aromatic heterocycles. The summed E-state index contributed by atoms with van der Waals surface area (Å²) in [5.41, 5.74) is 4.43. The van der Waals surface area contributed by atoms with E-state index in [-0.39, 0.29) is 31.4 Å². The Morgan fingerprint density at radius 3 is 2.29 bits per heavy atom. The van der Waals surface area contributed by atoms with Crippen molar-refractivity contribution in [1.29, 1.82) is 0 Å². The Hall–Kier alpha value is -4.18. The fourth-order valence-electron chi connectivity index (χ4n) is 4.26. The van der Waals surface area contributed by atoms with Crippen molar-refractivity contribution in [2.24, 2.45) is 0 Å². The van der Waals surface area contributed by atoms with E-state index in [2.05, 4.69) is 27.1 Å². The van der Waals surface area contributed by atoms with Gasteiger partial charge in [0.1, 0.15) is 5.58 Å². The third kappa shape index (κ3) is 4.86. The van der Waals surface area contributed by atoms with Gasteiger partial charge < -0.3 is 14.4 Å². The maximum absolute atomic E-state index is 7.76. The third-order valence-corrected chi connectivity index (χ3v) is 6.01. The first-order chi connectivity index (χ1) is 20.6. The normalized spacial score (nSPS) is 13.7. The molecule has 0 atom stereocenters. The first-order valence-electron chi connectivity index (χ1n) is 14.6. The standard InChI is InChI=1S/C22H15N2O.C11H8N.Ir/c1-13-6-9-20(24-12-13)19-5-3-4-16-17-8-7-15-14(2)23-11-10-18(15)21(17)25-22(16)19;1-2-6-10(7-3-1)11-8-4-5-9-12-11;/h3-4,6-12H,1-2H3;1-6,8-9H;/q2*-1;/i1D3,2D3;;. The van der Waals surface area contributed by atoms with Crippen LogP contribution in [-0.2, 0) is 20.1 Å². The summed E-state index contributed by atoms with van der Waals surface area (Å²) in [6, 6.07) is 32.1. The first kappa shape index (κ1) is 19.0. The predicted molar refractivity (Wildman–Crippen MR) is 149 cm³/mol. The number of aryl methyl sites for hydroxylation is 2. The van der Waals surface area contributed by atoms with Gasteiger partial charge in [-0.2, -0.15) is 0 Å². The van der Waals surface area contributed by atoms with Gasteiger partial charge in [-0.25, -0.2) is 0 Å². The van der Waals surface area contributed by atoms with E-state index in [1.807, 2.05) is 54.6 Å². The van der Waals surface area contributed by atoms with Crippen molar-refractivity contribution in [3.05, 3.63) is 127 Å². The maximum atomic E-state index is 7.76. The zero-order chi connectivity index (χ0) is 30.2. The number of pyridine rings is 3. The molecular weight excluding hydrogens is 647 g/mol. The second-order valence-electron chi connectivity index (χ2n) is 8.32. The molecule has 0 saturated heterocycles. The minimum atomic E-state index is -2.34. The molecule has 0 bridgehead atoms. The van der Waals surface area contributed by atoms with Crippen LogP contribution in [0.5, 0.6) is 0 Å². The zero-order valence-corrected chi connectivity index (χ0v) is 22.3. The van der Waals surface area contributed by atoms with E-state index in [0.717, 1.165) is 22.0 Å². The van der Waals surface area contributed by atoms with Gasteiger partial charge in [-0.05, 0) is 42.8 Å². The van der Waals surface area contributed by atoms with E-state index in [9.17, 15) is 0 Å². The van der Waals surface area contributed by atoms with Gasteiger partial charge in [0.25, 0.3) is 0 Å². The van der Waals surface area contributed by atoms with Crippen molar-refractivity contribution in [1.82, 2.24) is 15.0 Å². The second-order valence-corrected chi connectivity index (χ2v) is 8.32. The number of nitrogens with zero attached hydrogens (tertiary/aromatic N) is 3. The number of fused-ring (bicyclic) bond motifs is 5. The van der Waals surface area contributed by atoms with Gasteiger partial charge in [-0.15, -0.1) is 54.1 Å². The van der Waals surface area contributed by atoms with Gasteiger partial charge in [0.15, 0.2) is 0 Å². The summed E-state index contributed by atoms with van der Waals surface area (Å²) in [4.78, 5) is 12.6. The number of aromatic nitrogens is 3. The van der Waals surface area contributed by atoms with Crippen LogP contribution in [0.2, 0.25) is 0 Å². The van der Waals surface area contributed by atoms with Crippen LogP contribution in [0.4, 0.5) is 0 Å². The van der Waals surface area contributed by atoms with Gasteiger partial charge in [0.05, 0.1) is 5.58 Å². The molecule has 0 unspecified atom stereocenters. The summed E-state index contributed by atoms with van der Waals surface area (Å²) in [6.07, 6.45) is 4.59. The van der Waals surface area contributed by atoms with Crippen molar-refractivity contribution in [3.8, 4) is 22.5 Å². The Bertz CT molecular complexity index is 2010. The molecule has 0 N–H and O–H groups in total. The fourth-order valence-corrected chi connectivity index (χ4v) is 4.26. The number of benzene rings is 3. The average Bonchev–Trinajstić information content (AvgIpc) is 3.41. The molecule has 1 radical (unpaired) electrons. The van der Waals surface area contributed by atoms with Crippen molar-refractivity contribution in [3.63, 3.8) is 0 Å². The molecule has 0 aliphatic heterocycles. The van der Waals surface area contributed by atoms with E-state index >= 15 is 0 Å². The summed E-state index contributed by atoms with van der Waals surface area (Å²) in [6.45, 7) is -4.57. The van der Waals surface area contributed by atoms with Gasteiger partial charge in [-0.3, -0.25) is 4.98 Å². The summed E-state index contributed by atoms with van der Waals surface area (Å²) in [5, 5.41) is 2.84. The minimum absolute atomic E-state index is 0. The van der Waals surface area contributed by atoms with Crippen molar-refractivity contribution < 1.29 is 32.7 Å². The molecule has 0 aliphatic rings. The Labute approximate surface area is 243 Å². The molecule has 0 aliphatic carbocycles. The number of hydrogen-bond acceptors (Lipinski definition) is 4. The van der Waals surface area contributed by atoms with Crippen molar-refractivity contribution >= 4 is 32.7 Å². The molecule has 7 aromatic rings. The SMILES string of the molecule is [2H]C([2H])([2H])c1ccc(-c2[c-]ccc3c2oc2c4ccnc(C([2H])([2H])[2H])c4ccc32)nc1.[Ir].[c-]1ccccc1-c1ccccn1. The largest absolute Gasteiger partial charge is 0.500 e. The Morgan fingerprint density at radius 1 is 0.658 bits per heavy atom. The van der Waals surface area contributed by atoms with E-state index in [0.29, 0.717) is 33.2 Å². The molecule has 38 heavy (non-hydrogen) atoms. The van der Waals surface area contributed by atoms with Gasteiger partial charge >= 0.3 is 0 Å². The number of hydrogen-bond donors (Lipinski definition) is 0. The zero-order valence-electron chi connectivity index (χ0n) is 25.9. The van der Waals surface area contributed by atoms with E-state index in [1.54, 1.807) is 30.5 Å². The van der Waals surface area contributed by atoms with Gasteiger partial charge in [0.2, 0.25) is 0 Å². The van der Waals surface area contributed by atoms with Crippen molar-refractivity contribution in [2.75, 3.05) is 0 Å². The van der Waals surface area contributed by atoms with Gasteiger partial charge in [-0.1, -0.05) is 47.3 Å². The number of rotatable bonds is 2. The summed E-state index contributed by atoms with van der Waals surface area (Å²) >= 11 is 0. The molecule has 3 aromatic carbocycles. The van der Waals surface area contributed by atoms with Crippen LogP contribution in [0, 0.1) is 25.8 Å². The van der Waals surface area contributed by atoms with Crippen LogP contribution >= 0.6 is 0 Å². The molecular formula is C33H23IrN3O-2. The van der Waals surface area contributed by atoms with Crippen LogP contribution in [0.1, 0.15) is 19.5 Å². The second kappa shape index (κ2) is 11.1. The van der Waals surface area contributed by atoms with Crippen molar-refractivity contribution in [2.45, 2.75) is 13.7 Å². The predicted octanol–water partition coefficient (Wildman–Crippen LogP) is 8.16. The fraction of sp³-hybridized carbons (Fsp3) is 0.0606. The maximum Gasteiger partial charge on any atom is 0.128 e. The van der Waals surface area contributed by atoms with Crippen LogP contribution in [0.25, 0.3) is 55.2 Å². The van der Waals surface area contributed by atoms with Crippen LogP contribution < -0.4 is 0 Å². The first-order valence-corrected chi connectivity index (χ1v) is 11.6. The quantitative estimate of drug-likeness (QED) is 0.174. The molecule has 0 spiro atoms. The molecule has 5 heteroatoms. The van der Waals surface area contributed by atoms with Crippen LogP contribution in [0.15, 0.2) is 108 Å². The molecule has 0 fully saturated rings. The van der Waals surface area contributed by atoms with E-state index < -0.39 is 13.7 Å². The molecule has 7 rings (SSSR count). The Kier molecular flexibility index (Phi) is 5.52. The third-order valence-electron chi connectivity index (χ3n) is 6.01. The van der Waals surface area contributed by atoms with Crippen LogP contribution in [0.3, 0.4) is 0 Å². The molecule has 4 nitrogen and oxygen atoms in total. The Balaban J connectivity index is 0.000000248. The molecule has 0 saturated carbocycles. The molecule has 4 heterocycles. The topological polar surface area (TPSA) is 51.8 Å².